The van der Waals surface area contributed by atoms with Gasteiger partial charge in [0.15, 0.2) is 0 Å². The highest BCUT2D eigenvalue weighted by Gasteiger charge is 2.35. The number of nitrogens with zero attached hydrogens (tertiary/aromatic N) is 1. The van der Waals surface area contributed by atoms with Crippen LogP contribution in [0.2, 0.25) is 0 Å². The maximum absolute atomic E-state index is 11.6. The molecule has 0 aliphatic heterocycles. The maximum Gasteiger partial charge on any atom is 0.227 e. The van der Waals surface area contributed by atoms with Crippen molar-refractivity contribution in [1.29, 1.82) is 0 Å². The Bertz CT molecular complexity index is 703. The zero-order valence-electron chi connectivity index (χ0n) is 13.6. The van der Waals surface area contributed by atoms with E-state index in [9.17, 15) is 9.90 Å². The quantitative estimate of drug-likeness (QED) is 0.669. The molecule has 1 aliphatic carbocycles. The number of benzene rings is 1. The Morgan fingerprint density at radius 3 is 2.96 bits per heavy atom. The standard InChI is InChI=1S/C19H23N3O2/c20-19(24)18-16-10-13(6-7-14(16)11-17(18)23)12-21-8-3-5-15-4-1-2-9-22-15/h1-2,4,6-7,9-10,17-18,21,23H,3,5,8,11-12H2,(H2,20,24)/t17-,18-/m1/s1. The SMILES string of the molecule is NC(=O)[C@@H]1c2cc(CNCCCc3ccccn3)ccc2C[C@H]1O. The van der Waals surface area contributed by atoms with Gasteiger partial charge in [0.1, 0.15) is 0 Å². The molecule has 0 saturated heterocycles. The van der Waals surface area contributed by atoms with Crippen LogP contribution in [0, 0.1) is 0 Å². The lowest BCUT2D eigenvalue weighted by molar-refractivity contribution is -0.121. The van der Waals surface area contributed by atoms with Gasteiger partial charge in [0.25, 0.3) is 0 Å². The van der Waals surface area contributed by atoms with Gasteiger partial charge < -0.3 is 16.2 Å². The topological polar surface area (TPSA) is 88.2 Å². The number of aliphatic hydroxyl groups excluding tert-OH is 1. The number of aromatic nitrogens is 1. The normalized spacial score (nSPS) is 19.2. The second kappa shape index (κ2) is 7.55. The molecule has 3 rings (SSSR count). The van der Waals surface area contributed by atoms with Gasteiger partial charge in [0.05, 0.1) is 12.0 Å². The molecular formula is C19H23N3O2. The molecule has 24 heavy (non-hydrogen) atoms. The first-order valence-corrected chi connectivity index (χ1v) is 8.35. The number of aliphatic hydroxyl groups is 1. The second-order valence-electron chi connectivity index (χ2n) is 6.29. The van der Waals surface area contributed by atoms with Crippen molar-refractivity contribution in [3.05, 3.63) is 65.0 Å². The van der Waals surface area contributed by atoms with Crippen molar-refractivity contribution in [2.75, 3.05) is 6.54 Å². The van der Waals surface area contributed by atoms with Gasteiger partial charge in [0, 0.05) is 18.4 Å². The first-order valence-electron chi connectivity index (χ1n) is 8.35. The highest BCUT2D eigenvalue weighted by molar-refractivity contribution is 5.84. The molecule has 0 spiro atoms. The minimum Gasteiger partial charge on any atom is -0.392 e. The number of primary amides is 1. The number of nitrogens with two attached hydrogens (primary N) is 1. The number of carbonyl (C=O) groups is 1. The van der Waals surface area contributed by atoms with E-state index in [2.05, 4.69) is 10.3 Å². The predicted octanol–water partition coefficient (Wildman–Crippen LogP) is 1.29. The van der Waals surface area contributed by atoms with Crippen molar-refractivity contribution in [3.63, 3.8) is 0 Å². The molecule has 0 radical (unpaired) electrons. The first kappa shape index (κ1) is 16.6. The smallest absolute Gasteiger partial charge is 0.227 e. The van der Waals surface area contributed by atoms with Crippen LogP contribution >= 0.6 is 0 Å². The van der Waals surface area contributed by atoms with Crippen LogP contribution in [0.3, 0.4) is 0 Å². The molecule has 5 nitrogen and oxygen atoms in total. The molecular weight excluding hydrogens is 302 g/mol. The van der Waals surface area contributed by atoms with Crippen LogP contribution in [-0.2, 0) is 24.2 Å². The maximum atomic E-state index is 11.6. The van der Waals surface area contributed by atoms with E-state index < -0.39 is 17.9 Å². The third kappa shape index (κ3) is 3.80. The highest BCUT2D eigenvalue weighted by atomic mass is 16.3. The molecule has 2 atom stereocenters. The van der Waals surface area contributed by atoms with Crippen molar-refractivity contribution >= 4 is 5.91 Å². The lowest BCUT2D eigenvalue weighted by Gasteiger charge is -2.12. The van der Waals surface area contributed by atoms with Crippen LogP contribution in [-0.4, -0.2) is 28.6 Å². The van der Waals surface area contributed by atoms with Gasteiger partial charge in [-0.3, -0.25) is 9.78 Å². The fraction of sp³-hybridized carbons (Fsp3) is 0.368. The van der Waals surface area contributed by atoms with Gasteiger partial charge in [-0.05, 0) is 54.6 Å². The number of hydrogen-bond donors (Lipinski definition) is 3. The number of carbonyl (C=O) groups excluding carboxylic acids is 1. The summed E-state index contributed by atoms with van der Waals surface area (Å²) in [6.45, 7) is 1.63. The average molecular weight is 325 g/mol. The lowest BCUT2D eigenvalue weighted by atomic mass is 9.97. The summed E-state index contributed by atoms with van der Waals surface area (Å²) in [6, 6.07) is 12.0. The molecule has 1 aromatic carbocycles. The number of fused-ring (bicyclic) bond motifs is 1. The Kier molecular flexibility index (Phi) is 5.23. The van der Waals surface area contributed by atoms with Gasteiger partial charge in [-0.1, -0.05) is 24.3 Å². The number of pyridine rings is 1. The Morgan fingerprint density at radius 1 is 1.33 bits per heavy atom. The fourth-order valence-corrected chi connectivity index (χ4v) is 3.30. The summed E-state index contributed by atoms with van der Waals surface area (Å²) >= 11 is 0. The van der Waals surface area contributed by atoms with E-state index >= 15 is 0 Å². The zero-order valence-corrected chi connectivity index (χ0v) is 13.6. The summed E-state index contributed by atoms with van der Waals surface area (Å²) in [7, 11) is 0. The van der Waals surface area contributed by atoms with Gasteiger partial charge in [-0.25, -0.2) is 0 Å². The number of rotatable bonds is 7. The van der Waals surface area contributed by atoms with Crippen molar-refractivity contribution in [2.45, 2.75) is 37.8 Å². The van der Waals surface area contributed by atoms with Gasteiger partial charge in [-0.15, -0.1) is 0 Å². The van der Waals surface area contributed by atoms with Gasteiger partial charge in [-0.2, -0.15) is 0 Å². The van der Waals surface area contributed by atoms with Crippen LogP contribution in [0.15, 0.2) is 42.6 Å². The number of aryl methyl sites for hydroxylation is 1. The molecule has 1 aromatic heterocycles. The summed E-state index contributed by atoms with van der Waals surface area (Å²) in [5, 5.41) is 13.4. The van der Waals surface area contributed by atoms with E-state index in [0.29, 0.717) is 6.42 Å². The molecule has 5 heteroatoms. The molecule has 126 valence electrons. The molecule has 1 aliphatic rings. The zero-order chi connectivity index (χ0) is 16.9. The molecule has 0 saturated carbocycles. The van der Waals surface area contributed by atoms with Crippen LogP contribution in [0.5, 0.6) is 0 Å². The van der Waals surface area contributed by atoms with Crippen molar-refractivity contribution in [2.24, 2.45) is 5.73 Å². The third-order valence-corrected chi connectivity index (χ3v) is 4.51. The molecule has 1 amide bonds. The summed E-state index contributed by atoms with van der Waals surface area (Å²) in [6.07, 6.45) is 3.59. The lowest BCUT2D eigenvalue weighted by Crippen LogP contribution is -2.28. The minimum absolute atomic E-state index is 0.457. The summed E-state index contributed by atoms with van der Waals surface area (Å²) in [4.78, 5) is 15.9. The van der Waals surface area contributed by atoms with E-state index in [1.165, 1.54) is 0 Å². The predicted molar refractivity (Wildman–Crippen MR) is 92.4 cm³/mol. The Balaban J connectivity index is 1.51. The Labute approximate surface area is 141 Å². The van der Waals surface area contributed by atoms with Gasteiger partial charge in [0.2, 0.25) is 5.91 Å². The molecule has 2 aromatic rings. The van der Waals surface area contributed by atoms with Crippen LogP contribution in [0.4, 0.5) is 0 Å². The number of hydrogen-bond acceptors (Lipinski definition) is 4. The monoisotopic (exact) mass is 325 g/mol. The van der Waals surface area contributed by atoms with Crippen molar-refractivity contribution in [3.8, 4) is 0 Å². The Hall–Kier alpha value is -2.24. The largest absolute Gasteiger partial charge is 0.392 e. The van der Waals surface area contributed by atoms with Gasteiger partial charge >= 0.3 is 0 Å². The third-order valence-electron chi connectivity index (χ3n) is 4.51. The minimum atomic E-state index is -0.695. The second-order valence-corrected chi connectivity index (χ2v) is 6.29. The van der Waals surface area contributed by atoms with E-state index in [-0.39, 0.29) is 0 Å². The molecule has 0 unspecified atom stereocenters. The van der Waals surface area contributed by atoms with E-state index in [4.69, 9.17) is 5.73 Å². The van der Waals surface area contributed by atoms with Crippen molar-refractivity contribution in [1.82, 2.24) is 10.3 Å². The first-order chi connectivity index (χ1) is 11.6. The summed E-state index contributed by atoms with van der Waals surface area (Å²) < 4.78 is 0. The van der Waals surface area contributed by atoms with Crippen molar-refractivity contribution < 1.29 is 9.90 Å². The molecule has 0 fully saturated rings. The molecule has 1 heterocycles. The van der Waals surface area contributed by atoms with Crippen LogP contribution < -0.4 is 11.1 Å². The number of amides is 1. The summed E-state index contributed by atoms with van der Waals surface area (Å²) in [5.41, 5.74) is 9.53. The molecule has 0 bridgehead atoms. The van der Waals surface area contributed by atoms with E-state index in [1.54, 1.807) is 0 Å². The molecule has 4 N–H and O–H groups in total. The van der Waals surface area contributed by atoms with Crippen LogP contribution in [0.1, 0.15) is 34.7 Å². The number of nitrogens with one attached hydrogen (secondary N) is 1. The Morgan fingerprint density at radius 2 is 2.21 bits per heavy atom. The fourth-order valence-electron chi connectivity index (χ4n) is 3.30. The summed E-state index contributed by atoms with van der Waals surface area (Å²) in [5.74, 6) is -1.04. The van der Waals surface area contributed by atoms with E-state index in [1.807, 2.05) is 42.6 Å². The highest BCUT2D eigenvalue weighted by Crippen LogP contribution is 2.33. The van der Waals surface area contributed by atoms with Crippen LogP contribution in [0.25, 0.3) is 0 Å². The average Bonchev–Trinajstić information content (AvgIpc) is 2.90. The van der Waals surface area contributed by atoms with E-state index in [0.717, 1.165) is 48.3 Å².